The highest BCUT2D eigenvalue weighted by atomic mass is 127. The van der Waals surface area contributed by atoms with Crippen molar-refractivity contribution in [2.75, 3.05) is 10.6 Å². The topological polar surface area (TPSA) is 0 Å². The molecule has 0 rings (SSSR count). The van der Waals surface area contributed by atoms with Gasteiger partial charge in [-0.05, 0) is 6.16 Å². The average Bonchev–Trinajstić information content (AvgIpc) is 1.41. The van der Waals surface area contributed by atoms with Crippen LogP contribution in [0.1, 0.15) is 0 Å². The van der Waals surface area contributed by atoms with Crippen molar-refractivity contribution in [3.8, 4) is 0 Å². The van der Waals surface area contributed by atoms with Crippen LogP contribution in [0.2, 0.25) is 0 Å². The van der Waals surface area contributed by atoms with E-state index in [9.17, 15) is 0 Å². The third-order valence-corrected chi connectivity index (χ3v) is 3.80. The van der Waals surface area contributed by atoms with Gasteiger partial charge < -0.3 is 0 Å². The quantitative estimate of drug-likeness (QED) is 0.417. The van der Waals surface area contributed by atoms with Crippen LogP contribution in [0, 0.1) is 0 Å². The summed E-state index contributed by atoms with van der Waals surface area (Å²) in [6.07, 6.45) is 2.51. The van der Waals surface area contributed by atoms with Gasteiger partial charge in [0.15, 0.2) is 0 Å². The molecule has 0 aromatic rings. The van der Waals surface area contributed by atoms with Crippen LogP contribution in [0.3, 0.4) is 0 Å². The van der Waals surface area contributed by atoms with Crippen molar-refractivity contribution >= 4 is 50.9 Å². The zero-order valence-corrected chi connectivity index (χ0v) is 7.99. The summed E-state index contributed by atoms with van der Waals surface area (Å²) in [5.41, 5.74) is 0. The zero-order chi connectivity index (χ0) is 4.12. The Balaban J connectivity index is 2.19. The van der Waals surface area contributed by atoms with Gasteiger partial charge in [0.2, 0.25) is 0 Å². The monoisotopic (exact) mass is 314 g/mol. The first-order valence-electron chi connectivity index (χ1n) is 1.31. The van der Waals surface area contributed by atoms with Gasteiger partial charge >= 0.3 is 0 Å². The van der Waals surface area contributed by atoms with E-state index >= 15 is 0 Å². The Bertz CT molecular complexity index is 15.1. The summed E-state index contributed by atoms with van der Waals surface area (Å²) in [4.78, 5) is 0. The van der Waals surface area contributed by atoms with Crippen LogP contribution in [0.5, 0.6) is 0 Å². The van der Waals surface area contributed by atoms with Crippen molar-refractivity contribution in [3.63, 3.8) is 0 Å². The summed E-state index contributed by atoms with van der Waals surface area (Å²) < 4.78 is 1.32. The fourth-order valence-corrected chi connectivity index (χ4v) is 4.82. The maximum atomic E-state index is 2.41. The van der Waals surface area contributed by atoms with Crippen LogP contribution in [0.4, 0.5) is 0 Å². The maximum Gasteiger partial charge on any atom is 0.00393 e. The SMILES string of the molecule is ICCPI. The molecular weight excluding hydrogens is 309 g/mol. The Morgan fingerprint density at radius 3 is 2.20 bits per heavy atom. The third kappa shape index (κ3) is 5.89. The molecule has 0 saturated carbocycles. The number of halogens is 2. The maximum absolute atomic E-state index is 2.41. The second kappa shape index (κ2) is 5.89. The molecule has 0 aromatic heterocycles. The van der Waals surface area contributed by atoms with E-state index < -0.39 is 0 Å². The predicted octanol–water partition coefficient (Wildman–Crippen LogP) is 2.45. The average molecular weight is 314 g/mol. The first kappa shape index (κ1) is 6.89. The smallest absolute Gasteiger partial charge is 0.00393 e. The molecule has 0 radical (unpaired) electrons. The van der Waals surface area contributed by atoms with E-state index in [4.69, 9.17) is 0 Å². The zero-order valence-electron chi connectivity index (χ0n) is 2.67. The molecule has 0 bridgehead atoms. The van der Waals surface area contributed by atoms with E-state index in [1.54, 1.807) is 0 Å². The second-order valence-corrected chi connectivity index (χ2v) is 4.71. The molecule has 0 aliphatic carbocycles. The highest BCUT2D eigenvalue weighted by molar-refractivity contribution is 14.2. The molecule has 5 heavy (non-hydrogen) atoms. The van der Waals surface area contributed by atoms with Crippen LogP contribution in [-0.4, -0.2) is 10.6 Å². The van der Waals surface area contributed by atoms with Crippen LogP contribution in [0.25, 0.3) is 0 Å². The van der Waals surface area contributed by atoms with Gasteiger partial charge in [0, 0.05) is 4.43 Å². The standard InChI is InChI=1S/C2H5I2P/c3-1-2-5-4/h5H,1-2H2. The lowest BCUT2D eigenvalue weighted by Gasteiger charge is -1.76. The lowest BCUT2D eigenvalue weighted by molar-refractivity contribution is 1.62. The summed E-state index contributed by atoms with van der Waals surface area (Å²) >= 11 is 4.80. The Kier molecular flexibility index (Phi) is 8.12. The molecule has 3 heteroatoms. The minimum Gasteiger partial charge on any atom is -0.0860 e. The highest BCUT2D eigenvalue weighted by Gasteiger charge is 1.70. The molecule has 1 unspecified atom stereocenters. The van der Waals surface area contributed by atoms with Crippen LogP contribution in [0.15, 0.2) is 0 Å². The first-order valence-corrected chi connectivity index (χ1v) is 7.16. The number of rotatable bonds is 2. The summed E-state index contributed by atoms with van der Waals surface area (Å²) in [6.45, 7) is 0. The molecular formula is C2H5I2P. The summed E-state index contributed by atoms with van der Waals surface area (Å²) in [5.74, 6) is 0. The van der Waals surface area contributed by atoms with E-state index in [2.05, 4.69) is 44.6 Å². The first-order chi connectivity index (χ1) is 2.41. The van der Waals surface area contributed by atoms with Gasteiger partial charge in [0.25, 0.3) is 0 Å². The van der Waals surface area contributed by atoms with Crippen molar-refractivity contribution < 1.29 is 0 Å². The molecule has 0 saturated heterocycles. The minimum atomic E-state index is 1.12. The molecule has 0 aromatic carbocycles. The Morgan fingerprint density at radius 1 is 1.60 bits per heavy atom. The third-order valence-electron chi connectivity index (χ3n) is 0.189. The van der Waals surface area contributed by atoms with Gasteiger partial charge in [0.1, 0.15) is 0 Å². The van der Waals surface area contributed by atoms with Gasteiger partial charge in [-0.1, -0.05) is 50.9 Å². The second-order valence-electron chi connectivity index (χ2n) is 0.573. The van der Waals surface area contributed by atoms with Crippen LogP contribution >= 0.6 is 50.9 Å². The highest BCUT2D eigenvalue weighted by Crippen LogP contribution is 2.19. The number of hydrogen-bond donors (Lipinski definition) is 0. The van der Waals surface area contributed by atoms with Crippen molar-refractivity contribution in [2.24, 2.45) is 0 Å². The van der Waals surface area contributed by atoms with Gasteiger partial charge in [-0.3, -0.25) is 0 Å². The van der Waals surface area contributed by atoms with Crippen molar-refractivity contribution in [3.05, 3.63) is 0 Å². The molecule has 0 N–H and O–H groups in total. The fourth-order valence-electron chi connectivity index (χ4n) is 0.0357. The predicted molar refractivity (Wildman–Crippen MR) is 46.1 cm³/mol. The van der Waals surface area contributed by atoms with Crippen LogP contribution in [-0.2, 0) is 0 Å². The van der Waals surface area contributed by atoms with Gasteiger partial charge in [-0.2, -0.15) is 0 Å². The Labute approximate surface area is 60.9 Å². The summed E-state index contributed by atoms with van der Waals surface area (Å²) in [7, 11) is 0. The van der Waals surface area contributed by atoms with Gasteiger partial charge in [0.05, 0.1) is 0 Å². The molecule has 0 spiro atoms. The van der Waals surface area contributed by atoms with Crippen molar-refractivity contribution in [1.82, 2.24) is 0 Å². The molecule has 0 aliphatic rings. The lowest BCUT2D eigenvalue weighted by atomic mass is 11.0. The molecule has 0 fully saturated rings. The lowest BCUT2D eigenvalue weighted by Crippen LogP contribution is -1.64. The number of hydrogen-bond acceptors (Lipinski definition) is 0. The largest absolute Gasteiger partial charge is 0.0860 e. The Morgan fingerprint density at radius 2 is 2.20 bits per heavy atom. The molecule has 0 nitrogen and oxygen atoms in total. The summed E-state index contributed by atoms with van der Waals surface area (Å²) in [6, 6.07) is 0. The van der Waals surface area contributed by atoms with E-state index in [0.29, 0.717) is 0 Å². The minimum absolute atomic E-state index is 1.12. The van der Waals surface area contributed by atoms with Crippen molar-refractivity contribution in [1.29, 1.82) is 0 Å². The molecule has 32 valence electrons. The van der Waals surface area contributed by atoms with E-state index in [1.807, 2.05) is 0 Å². The molecule has 0 heterocycles. The normalized spacial score (nSPS) is 10.8. The summed E-state index contributed by atoms with van der Waals surface area (Å²) in [5, 5.41) is 0. The van der Waals surface area contributed by atoms with E-state index in [-0.39, 0.29) is 0 Å². The van der Waals surface area contributed by atoms with Gasteiger partial charge in [-0.15, -0.1) is 0 Å². The van der Waals surface area contributed by atoms with E-state index in [1.165, 1.54) is 10.6 Å². The Hall–Kier alpha value is 1.89. The molecule has 1 atom stereocenters. The fraction of sp³-hybridized carbons (Fsp3) is 1.00. The molecule has 0 aliphatic heterocycles. The van der Waals surface area contributed by atoms with E-state index in [0.717, 1.165) is 6.22 Å². The van der Waals surface area contributed by atoms with Crippen LogP contribution < -0.4 is 0 Å². The van der Waals surface area contributed by atoms with Crippen molar-refractivity contribution in [2.45, 2.75) is 0 Å². The van der Waals surface area contributed by atoms with Gasteiger partial charge in [-0.25, -0.2) is 0 Å². The molecule has 0 amide bonds. The number of alkyl halides is 1.